The molecule has 1 atom stereocenters. The number of aliphatic hydroxyl groups excluding tert-OH is 1. The van der Waals surface area contributed by atoms with Crippen molar-refractivity contribution in [3.63, 3.8) is 0 Å². The molecule has 1 fully saturated rings. The molecular weight excluding hydrogens is 92.1 g/mol. The molecule has 0 spiro atoms. The third kappa shape index (κ3) is 1.90. The molecule has 0 aromatic rings. The number of hydrogen-bond donors (Lipinski definition) is 1. The minimum atomic E-state index is 0.180. The standard InChI is InChI=1S/C5H9O2/c6-3-1-2-5-4-7-5/h1,5-6H,2-4H2. The largest absolute Gasteiger partial charge is 0.396 e. The Morgan fingerprint density at radius 3 is 3.00 bits per heavy atom. The van der Waals surface area contributed by atoms with Gasteiger partial charge in [0, 0.05) is 6.61 Å². The highest BCUT2D eigenvalue weighted by Crippen LogP contribution is 2.13. The summed E-state index contributed by atoms with van der Waals surface area (Å²) in [6, 6.07) is 0. The minimum Gasteiger partial charge on any atom is -0.396 e. The van der Waals surface area contributed by atoms with E-state index in [4.69, 9.17) is 9.84 Å². The molecule has 1 rings (SSSR count). The molecule has 2 nitrogen and oxygen atoms in total. The van der Waals surface area contributed by atoms with E-state index in [9.17, 15) is 0 Å². The molecule has 0 aromatic carbocycles. The Morgan fingerprint density at radius 1 is 1.86 bits per heavy atom. The first kappa shape index (κ1) is 5.06. The fourth-order valence-electron chi connectivity index (χ4n) is 0.465. The summed E-state index contributed by atoms with van der Waals surface area (Å²) >= 11 is 0. The quantitative estimate of drug-likeness (QED) is 0.506. The monoisotopic (exact) mass is 101 g/mol. The maximum Gasteiger partial charge on any atom is 0.0813 e. The Morgan fingerprint density at radius 2 is 2.57 bits per heavy atom. The predicted molar refractivity (Wildman–Crippen MR) is 25.7 cm³/mol. The van der Waals surface area contributed by atoms with Gasteiger partial charge in [-0.3, -0.25) is 0 Å². The van der Waals surface area contributed by atoms with Crippen molar-refractivity contribution in [2.45, 2.75) is 12.5 Å². The Labute approximate surface area is 43.1 Å². The lowest BCUT2D eigenvalue weighted by molar-refractivity contribution is 0.315. The third-order valence-electron chi connectivity index (χ3n) is 0.961. The normalized spacial score (nSPS) is 27.9. The van der Waals surface area contributed by atoms with Crippen LogP contribution in [-0.2, 0) is 4.74 Å². The topological polar surface area (TPSA) is 32.8 Å². The first-order chi connectivity index (χ1) is 3.43. The summed E-state index contributed by atoms with van der Waals surface area (Å²) in [6.45, 7) is 1.07. The summed E-state index contributed by atoms with van der Waals surface area (Å²) in [4.78, 5) is 0. The Balaban J connectivity index is 1.80. The van der Waals surface area contributed by atoms with Gasteiger partial charge in [0.1, 0.15) is 0 Å². The molecule has 0 bridgehead atoms. The predicted octanol–water partition coefficient (Wildman–Crippen LogP) is -0.0281. The maximum atomic E-state index is 8.23. The van der Waals surface area contributed by atoms with Gasteiger partial charge in [-0.05, 0) is 12.8 Å². The van der Waals surface area contributed by atoms with Crippen molar-refractivity contribution in [3.8, 4) is 0 Å². The molecule has 1 aliphatic heterocycles. The van der Waals surface area contributed by atoms with Gasteiger partial charge in [0.15, 0.2) is 0 Å². The van der Waals surface area contributed by atoms with Crippen molar-refractivity contribution >= 4 is 0 Å². The van der Waals surface area contributed by atoms with Gasteiger partial charge in [-0.2, -0.15) is 0 Å². The number of hydrogen-bond acceptors (Lipinski definition) is 2. The first-order valence-electron chi connectivity index (χ1n) is 2.47. The molecule has 1 aliphatic rings. The Bertz CT molecular complexity index is 50.0. The number of epoxide rings is 1. The third-order valence-corrected chi connectivity index (χ3v) is 0.961. The van der Waals surface area contributed by atoms with Gasteiger partial charge in [-0.1, -0.05) is 0 Å². The molecule has 0 aromatic heterocycles. The van der Waals surface area contributed by atoms with Crippen LogP contribution in [0.15, 0.2) is 0 Å². The van der Waals surface area contributed by atoms with Crippen LogP contribution in [-0.4, -0.2) is 24.4 Å². The number of ether oxygens (including phenoxy) is 1. The first-order valence-corrected chi connectivity index (χ1v) is 2.47. The highest BCUT2D eigenvalue weighted by Gasteiger charge is 2.20. The van der Waals surface area contributed by atoms with Crippen LogP contribution in [0.3, 0.4) is 0 Å². The lowest BCUT2D eigenvalue weighted by Crippen LogP contribution is -1.89. The van der Waals surface area contributed by atoms with Crippen molar-refractivity contribution in [1.82, 2.24) is 0 Å². The van der Waals surface area contributed by atoms with Gasteiger partial charge >= 0.3 is 0 Å². The van der Waals surface area contributed by atoms with E-state index in [2.05, 4.69) is 0 Å². The molecule has 1 heterocycles. The van der Waals surface area contributed by atoms with Crippen LogP contribution >= 0.6 is 0 Å². The molecule has 1 radical (unpaired) electrons. The second kappa shape index (κ2) is 2.28. The van der Waals surface area contributed by atoms with Gasteiger partial charge in [-0.15, -0.1) is 0 Å². The van der Waals surface area contributed by atoms with Gasteiger partial charge in [0.05, 0.1) is 12.7 Å². The smallest absolute Gasteiger partial charge is 0.0813 e. The van der Waals surface area contributed by atoms with Crippen LogP contribution in [0.4, 0.5) is 0 Å². The molecule has 41 valence electrons. The Kier molecular flexibility index (Phi) is 1.65. The summed E-state index contributed by atoms with van der Waals surface area (Å²) in [5, 5.41) is 8.23. The Hall–Kier alpha value is -0.0800. The zero-order chi connectivity index (χ0) is 5.11. The van der Waals surface area contributed by atoms with Crippen LogP contribution in [0.1, 0.15) is 6.42 Å². The average molecular weight is 101 g/mol. The van der Waals surface area contributed by atoms with Gasteiger partial charge in [-0.25, -0.2) is 0 Å². The van der Waals surface area contributed by atoms with Crippen molar-refractivity contribution < 1.29 is 9.84 Å². The molecule has 1 saturated heterocycles. The van der Waals surface area contributed by atoms with Gasteiger partial charge in [0.25, 0.3) is 0 Å². The van der Waals surface area contributed by atoms with E-state index in [-0.39, 0.29) is 6.61 Å². The van der Waals surface area contributed by atoms with Crippen molar-refractivity contribution in [2.24, 2.45) is 0 Å². The number of aliphatic hydroxyl groups is 1. The van der Waals surface area contributed by atoms with E-state index in [0.717, 1.165) is 13.0 Å². The molecule has 1 N–H and O–H groups in total. The maximum absolute atomic E-state index is 8.23. The highest BCUT2D eigenvalue weighted by atomic mass is 16.6. The van der Waals surface area contributed by atoms with Gasteiger partial charge in [0.2, 0.25) is 0 Å². The van der Waals surface area contributed by atoms with Crippen LogP contribution in [0, 0.1) is 6.42 Å². The lowest BCUT2D eigenvalue weighted by Gasteiger charge is -1.85. The minimum absolute atomic E-state index is 0.180. The molecule has 7 heavy (non-hydrogen) atoms. The highest BCUT2D eigenvalue weighted by molar-refractivity contribution is 4.77. The molecule has 0 aliphatic carbocycles. The summed E-state index contributed by atoms with van der Waals surface area (Å²) in [5.41, 5.74) is 0. The van der Waals surface area contributed by atoms with Crippen molar-refractivity contribution in [1.29, 1.82) is 0 Å². The van der Waals surface area contributed by atoms with Crippen LogP contribution < -0.4 is 0 Å². The van der Waals surface area contributed by atoms with Crippen molar-refractivity contribution in [2.75, 3.05) is 13.2 Å². The van der Waals surface area contributed by atoms with Gasteiger partial charge < -0.3 is 9.84 Å². The molecule has 0 amide bonds. The molecule has 0 saturated carbocycles. The van der Waals surface area contributed by atoms with E-state index in [1.807, 2.05) is 6.42 Å². The van der Waals surface area contributed by atoms with Crippen LogP contribution in [0.25, 0.3) is 0 Å². The zero-order valence-corrected chi connectivity index (χ0v) is 4.13. The van der Waals surface area contributed by atoms with Crippen LogP contribution in [0.2, 0.25) is 0 Å². The summed E-state index contributed by atoms with van der Waals surface area (Å²) in [5.74, 6) is 0. The zero-order valence-electron chi connectivity index (χ0n) is 4.13. The summed E-state index contributed by atoms with van der Waals surface area (Å²) < 4.78 is 4.87. The van der Waals surface area contributed by atoms with Crippen molar-refractivity contribution in [3.05, 3.63) is 6.42 Å². The second-order valence-electron chi connectivity index (χ2n) is 1.66. The summed E-state index contributed by atoms with van der Waals surface area (Å²) in [7, 11) is 0. The number of rotatable bonds is 3. The lowest BCUT2D eigenvalue weighted by atomic mass is 10.3. The van der Waals surface area contributed by atoms with Crippen LogP contribution in [0.5, 0.6) is 0 Å². The molecular formula is C5H9O2. The molecule has 1 unspecified atom stereocenters. The second-order valence-corrected chi connectivity index (χ2v) is 1.66. The van der Waals surface area contributed by atoms with E-state index in [1.165, 1.54) is 0 Å². The fourth-order valence-corrected chi connectivity index (χ4v) is 0.465. The van der Waals surface area contributed by atoms with E-state index >= 15 is 0 Å². The average Bonchev–Trinajstić information content (AvgIpc) is 2.42. The molecule has 2 heteroatoms. The summed E-state index contributed by atoms with van der Waals surface area (Å²) in [6.07, 6.45) is 3.17. The van der Waals surface area contributed by atoms with E-state index in [1.54, 1.807) is 0 Å². The van der Waals surface area contributed by atoms with E-state index < -0.39 is 0 Å². The SMILES string of the molecule is OC[CH]CC1CO1. The fraction of sp³-hybridized carbons (Fsp3) is 0.800. The van der Waals surface area contributed by atoms with E-state index in [0.29, 0.717) is 6.10 Å².